The Balaban J connectivity index is 1.53. The predicted octanol–water partition coefficient (Wildman–Crippen LogP) is 11.0. The molecule has 5 aromatic carbocycles. The van der Waals surface area contributed by atoms with Crippen LogP contribution in [0.25, 0.3) is 0 Å². The molecule has 1 unspecified atom stereocenters. The molecule has 1 atom stereocenters. The number of methoxy groups -OCH3 is 5. The van der Waals surface area contributed by atoms with Gasteiger partial charge in [-0.25, -0.2) is 0 Å². The molecule has 14 heteroatoms. The summed E-state index contributed by atoms with van der Waals surface area (Å²) in [6, 6.07) is 32.6. The van der Waals surface area contributed by atoms with Crippen LogP contribution in [-0.4, -0.2) is 41.3 Å². The first-order valence-electron chi connectivity index (χ1n) is 17.3. The van der Waals surface area contributed by atoms with Gasteiger partial charge in [0.25, 0.3) is 0 Å². The Labute approximate surface area is 334 Å². The lowest BCUT2D eigenvalue weighted by Gasteiger charge is -2.22. The highest BCUT2D eigenvalue weighted by Crippen LogP contribution is 2.50. The van der Waals surface area contributed by atoms with E-state index in [0.29, 0.717) is 46.0 Å². The highest BCUT2D eigenvalue weighted by Gasteiger charge is 2.30. The van der Waals surface area contributed by atoms with Gasteiger partial charge in [-0.15, -0.1) is 0 Å². The zero-order chi connectivity index (χ0) is 40.6. The second-order valence-corrected chi connectivity index (χ2v) is 13.3. The first-order chi connectivity index (χ1) is 27.8. The van der Waals surface area contributed by atoms with Gasteiger partial charge in [-0.05, 0) is 73.7 Å². The SMILES string of the molecule is C=C(OP(Oc1ccccc1OC)Oc1cc(OC)ccc1C(=O)c1ccccc1OP(Oc1ccccc1OC)Oc1ccccc1OC)/C(=C\C=C/C)OC. The van der Waals surface area contributed by atoms with E-state index in [1.807, 2.05) is 25.1 Å². The van der Waals surface area contributed by atoms with Crippen molar-refractivity contribution in [1.29, 1.82) is 0 Å². The van der Waals surface area contributed by atoms with Crippen LogP contribution in [0.4, 0.5) is 0 Å². The first-order valence-corrected chi connectivity index (χ1v) is 19.5. The largest absolute Gasteiger partial charge is 0.530 e. The molecule has 0 radical (unpaired) electrons. The van der Waals surface area contributed by atoms with E-state index in [1.54, 1.807) is 115 Å². The molecular formula is C43H42O12P2. The topological polar surface area (TPSA) is 119 Å². The summed E-state index contributed by atoms with van der Waals surface area (Å²) in [7, 11) is 2.92. The van der Waals surface area contributed by atoms with Crippen LogP contribution in [-0.2, 0) is 9.26 Å². The molecule has 0 aliphatic rings. The number of allylic oxidation sites excluding steroid dienone is 3. The Morgan fingerprint density at radius 3 is 1.46 bits per heavy atom. The molecule has 0 amide bonds. The van der Waals surface area contributed by atoms with Gasteiger partial charge >= 0.3 is 17.2 Å². The molecule has 0 saturated carbocycles. The molecule has 0 saturated heterocycles. The van der Waals surface area contributed by atoms with Gasteiger partial charge < -0.3 is 50.8 Å². The zero-order valence-corrected chi connectivity index (χ0v) is 34.0. The maximum atomic E-state index is 14.7. The van der Waals surface area contributed by atoms with Crippen molar-refractivity contribution in [3.8, 4) is 51.7 Å². The van der Waals surface area contributed by atoms with Crippen molar-refractivity contribution >= 4 is 23.0 Å². The Bertz CT molecular complexity index is 2140. The molecule has 5 rings (SSSR count). The molecule has 0 N–H and O–H groups in total. The molecule has 0 aliphatic carbocycles. The molecule has 0 aliphatic heterocycles. The highest BCUT2D eigenvalue weighted by atomic mass is 31.2. The van der Waals surface area contributed by atoms with E-state index in [-0.39, 0.29) is 28.4 Å². The number of hydrogen-bond donors (Lipinski definition) is 0. The van der Waals surface area contributed by atoms with Crippen molar-refractivity contribution in [3.63, 3.8) is 0 Å². The molecule has 12 nitrogen and oxygen atoms in total. The lowest BCUT2D eigenvalue weighted by Crippen LogP contribution is -2.10. The van der Waals surface area contributed by atoms with Crippen LogP contribution in [0, 0.1) is 0 Å². The third kappa shape index (κ3) is 11.1. The van der Waals surface area contributed by atoms with E-state index in [9.17, 15) is 4.79 Å². The van der Waals surface area contributed by atoms with Gasteiger partial charge in [0.2, 0.25) is 5.78 Å². The van der Waals surface area contributed by atoms with Crippen LogP contribution in [0.1, 0.15) is 22.8 Å². The Morgan fingerprint density at radius 1 is 0.526 bits per heavy atom. The van der Waals surface area contributed by atoms with E-state index < -0.39 is 23.0 Å². The average Bonchev–Trinajstić information content (AvgIpc) is 3.24. The van der Waals surface area contributed by atoms with Crippen molar-refractivity contribution in [1.82, 2.24) is 0 Å². The van der Waals surface area contributed by atoms with Crippen LogP contribution in [0.3, 0.4) is 0 Å². The van der Waals surface area contributed by atoms with Gasteiger partial charge in [-0.3, -0.25) is 4.79 Å². The van der Waals surface area contributed by atoms with E-state index in [2.05, 4.69) is 6.58 Å². The van der Waals surface area contributed by atoms with E-state index in [4.69, 9.17) is 50.8 Å². The van der Waals surface area contributed by atoms with Crippen molar-refractivity contribution in [2.45, 2.75) is 6.92 Å². The minimum Gasteiger partial charge on any atom is -0.497 e. The number of para-hydroxylation sites is 7. The van der Waals surface area contributed by atoms with Gasteiger partial charge in [0.15, 0.2) is 46.0 Å². The number of hydrogen-bond acceptors (Lipinski definition) is 12. The van der Waals surface area contributed by atoms with Crippen molar-refractivity contribution in [2.75, 3.05) is 35.5 Å². The average molecular weight is 813 g/mol. The molecule has 296 valence electrons. The van der Waals surface area contributed by atoms with Gasteiger partial charge in [-0.1, -0.05) is 67.3 Å². The smallest absolute Gasteiger partial charge is 0.497 e. The van der Waals surface area contributed by atoms with Crippen molar-refractivity contribution < 1.29 is 55.6 Å². The summed E-state index contributed by atoms with van der Waals surface area (Å²) in [4.78, 5) is 14.7. The molecule has 0 aromatic heterocycles. The summed E-state index contributed by atoms with van der Waals surface area (Å²) in [6.07, 6.45) is 5.27. The summed E-state index contributed by atoms with van der Waals surface area (Å²) >= 11 is 0. The number of benzene rings is 5. The summed E-state index contributed by atoms with van der Waals surface area (Å²) in [5.41, 5.74) is 0.303. The number of carbonyl (C=O) groups excluding carboxylic acids is 1. The van der Waals surface area contributed by atoms with Crippen molar-refractivity contribution in [3.05, 3.63) is 163 Å². The summed E-state index contributed by atoms with van der Waals surface area (Å²) < 4.78 is 65.4. The number of ketones is 1. The minimum atomic E-state index is -2.37. The molecule has 5 aromatic rings. The normalized spacial score (nSPS) is 11.6. The maximum Gasteiger partial charge on any atom is 0.530 e. The molecule has 0 heterocycles. The van der Waals surface area contributed by atoms with E-state index in [1.165, 1.54) is 35.5 Å². The number of rotatable bonds is 21. The molecule has 57 heavy (non-hydrogen) atoms. The molecule has 0 bridgehead atoms. The third-order valence-electron chi connectivity index (χ3n) is 7.76. The quantitative estimate of drug-likeness (QED) is 0.0304. The maximum absolute atomic E-state index is 14.7. The zero-order valence-electron chi connectivity index (χ0n) is 32.2. The fraction of sp³-hybridized carbons (Fsp3) is 0.140. The predicted molar refractivity (Wildman–Crippen MR) is 219 cm³/mol. The third-order valence-corrected chi connectivity index (χ3v) is 9.85. The van der Waals surface area contributed by atoms with Crippen LogP contribution in [0.2, 0.25) is 0 Å². The standard InChI is InChI=1S/C43H42O12P2/c1-8-9-19-34(46-4)30(2)50-56(52-39-24-15-12-21-36(39)47-5)55-42-29-31(45-3)27-28-33(42)43(44)32-18-10-11-20-35(32)51-57(53-40-25-16-13-22-37(40)48-6)54-41-26-17-14-23-38(41)49-7/h8-29H,2H2,1,3-7H3/b9-8-,34-19+. The van der Waals surface area contributed by atoms with Crippen LogP contribution < -0.4 is 41.6 Å². The first kappa shape index (κ1) is 41.8. The van der Waals surface area contributed by atoms with Gasteiger partial charge in [0.05, 0.1) is 46.7 Å². The molecular weight excluding hydrogens is 770 g/mol. The van der Waals surface area contributed by atoms with Crippen LogP contribution in [0.15, 0.2) is 152 Å². The van der Waals surface area contributed by atoms with E-state index in [0.717, 1.165) is 0 Å². The second-order valence-electron chi connectivity index (χ2n) is 11.3. The van der Waals surface area contributed by atoms with Crippen molar-refractivity contribution in [2.24, 2.45) is 0 Å². The van der Waals surface area contributed by atoms with Gasteiger partial charge in [0.1, 0.15) is 17.2 Å². The Morgan fingerprint density at radius 2 is 0.965 bits per heavy atom. The fourth-order valence-electron chi connectivity index (χ4n) is 4.96. The van der Waals surface area contributed by atoms with Gasteiger partial charge in [0, 0.05) is 6.07 Å². The minimum absolute atomic E-state index is 0.0807. The molecule has 0 spiro atoms. The lowest BCUT2D eigenvalue weighted by molar-refractivity contribution is 0.103. The Kier molecular flexibility index (Phi) is 15.5. The molecule has 0 fully saturated rings. The second kappa shape index (κ2) is 21.1. The summed E-state index contributed by atoms with van der Waals surface area (Å²) in [5.74, 6) is 2.99. The lowest BCUT2D eigenvalue weighted by atomic mass is 10.0. The van der Waals surface area contributed by atoms with Gasteiger partial charge in [-0.2, -0.15) is 0 Å². The number of ether oxygens (including phenoxy) is 5. The number of carbonyl (C=O) groups is 1. The van der Waals surface area contributed by atoms with Crippen LogP contribution in [0.5, 0.6) is 51.7 Å². The monoisotopic (exact) mass is 812 g/mol. The van der Waals surface area contributed by atoms with Crippen LogP contribution >= 0.6 is 17.2 Å². The summed E-state index contributed by atoms with van der Waals surface area (Å²) in [6.45, 7) is 5.90. The van der Waals surface area contributed by atoms with E-state index >= 15 is 0 Å². The summed E-state index contributed by atoms with van der Waals surface area (Å²) in [5, 5.41) is 0. The Hall–Kier alpha value is -6.35. The highest BCUT2D eigenvalue weighted by molar-refractivity contribution is 7.43. The fourth-order valence-corrected chi connectivity index (χ4v) is 7.02.